The standard InChI is InChI=1S/C12H20N2/c1-6-13-8-7-11(4)12(5)14-9-10(2)3/h8-9,11H,2,5-7H2,1,3-4H3. The Hall–Kier alpha value is -1.18. The van der Waals surface area contributed by atoms with Crippen LogP contribution in [0.3, 0.4) is 0 Å². The molecule has 1 unspecified atom stereocenters. The fourth-order valence-electron chi connectivity index (χ4n) is 0.818. The van der Waals surface area contributed by atoms with Crippen LogP contribution in [-0.2, 0) is 0 Å². The summed E-state index contributed by atoms with van der Waals surface area (Å²) in [5.74, 6) is 0.348. The van der Waals surface area contributed by atoms with Gasteiger partial charge < -0.3 is 0 Å². The summed E-state index contributed by atoms with van der Waals surface area (Å²) in [7, 11) is 0. The van der Waals surface area contributed by atoms with Crippen LogP contribution in [0.1, 0.15) is 27.2 Å². The molecule has 0 aromatic heterocycles. The molecule has 0 aliphatic heterocycles. The lowest BCUT2D eigenvalue weighted by Gasteiger charge is -2.06. The maximum absolute atomic E-state index is 4.22. The summed E-state index contributed by atoms with van der Waals surface area (Å²) < 4.78 is 0. The van der Waals surface area contributed by atoms with E-state index < -0.39 is 0 Å². The molecule has 78 valence electrons. The van der Waals surface area contributed by atoms with Crippen molar-refractivity contribution in [3.05, 3.63) is 24.4 Å². The third kappa shape index (κ3) is 6.35. The monoisotopic (exact) mass is 192 g/mol. The third-order valence-electron chi connectivity index (χ3n) is 1.79. The van der Waals surface area contributed by atoms with Gasteiger partial charge in [0.25, 0.3) is 0 Å². The van der Waals surface area contributed by atoms with Crippen LogP contribution in [0.2, 0.25) is 0 Å². The van der Waals surface area contributed by atoms with E-state index in [0.717, 1.165) is 24.2 Å². The van der Waals surface area contributed by atoms with Crippen molar-refractivity contribution < 1.29 is 0 Å². The van der Waals surface area contributed by atoms with E-state index in [0.29, 0.717) is 5.92 Å². The second-order valence-electron chi connectivity index (χ2n) is 3.41. The van der Waals surface area contributed by atoms with Crippen LogP contribution in [0.4, 0.5) is 0 Å². The zero-order chi connectivity index (χ0) is 11.0. The molecule has 0 aromatic rings. The van der Waals surface area contributed by atoms with Gasteiger partial charge in [-0.15, -0.1) is 0 Å². The Morgan fingerprint density at radius 3 is 2.57 bits per heavy atom. The summed E-state index contributed by atoms with van der Waals surface area (Å²) in [6, 6.07) is 0. The number of nitrogens with zero attached hydrogens (tertiary/aromatic N) is 2. The molecule has 0 aromatic carbocycles. The van der Waals surface area contributed by atoms with Gasteiger partial charge in [0.2, 0.25) is 0 Å². The summed E-state index contributed by atoms with van der Waals surface area (Å²) in [4.78, 5) is 8.38. The Morgan fingerprint density at radius 2 is 2.07 bits per heavy atom. The Kier molecular flexibility index (Phi) is 6.63. The fraction of sp³-hybridized carbons (Fsp3) is 0.500. The van der Waals surface area contributed by atoms with Gasteiger partial charge in [-0.2, -0.15) is 0 Å². The molecule has 0 aliphatic rings. The van der Waals surface area contributed by atoms with E-state index >= 15 is 0 Å². The molecule has 1 atom stereocenters. The van der Waals surface area contributed by atoms with E-state index in [1.54, 1.807) is 6.21 Å². The Bertz CT molecular complexity index is 249. The molecule has 2 heteroatoms. The normalized spacial score (nSPS) is 13.6. The van der Waals surface area contributed by atoms with Crippen LogP contribution < -0.4 is 0 Å². The van der Waals surface area contributed by atoms with E-state index in [1.807, 2.05) is 20.1 Å². The first-order valence-electron chi connectivity index (χ1n) is 4.94. The number of aliphatic imine (C=N–C) groups is 2. The maximum Gasteiger partial charge on any atom is 0.0363 e. The molecule has 0 heterocycles. The maximum atomic E-state index is 4.22. The quantitative estimate of drug-likeness (QED) is 0.577. The topological polar surface area (TPSA) is 24.7 Å². The largest absolute Gasteiger partial charge is 0.298 e. The molecule has 0 bridgehead atoms. The smallest absolute Gasteiger partial charge is 0.0363 e. The lowest BCUT2D eigenvalue weighted by molar-refractivity contribution is 0.716. The fourth-order valence-corrected chi connectivity index (χ4v) is 0.818. The van der Waals surface area contributed by atoms with Crippen molar-refractivity contribution in [2.75, 3.05) is 6.54 Å². The second-order valence-corrected chi connectivity index (χ2v) is 3.41. The SMILES string of the molecule is C=C(C)C=NC(=C)C(C)CC=NCC. The first kappa shape index (κ1) is 12.8. The van der Waals surface area contributed by atoms with E-state index in [-0.39, 0.29) is 0 Å². The molecule has 2 nitrogen and oxygen atoms in total. The highest BCUT2D eigenvalue weighted by Gasteiger charge is 2.02. The first-order chi connectivity index (χ1) is 6.57. The van der Waals surface area contributed by atoms with Gasteiger partial charge in [0.15, 0.2) is 0 Å². The Morgan fingerprint density at radius 1 is 1.43 bits per heavy atom. The van der Waals surface area contributed by atoms with Crippen LogP contribution >= 0.6 is 0 Å². The van der Waals surface area contributed by atoms with Gasteiger partial charge in [-0.1, -0.05) is 20.1 Å². The molecule has 0 radical (unpaired) electrons. The van der Waals surface area contributed by atoms with Crippen molar-refractivity contribution in [3.8, 4) is 0 Å². The van der Waals surface area contributed by atoms with Crippen molar-refractivity contribution in [1.82, 2.24) is 0 Å². The zero-order valence-electron chi connectivity index (χ0n) is 9.45. The van der Waals surface area contributed by atoms with Gasteiger partial charge in [0, 0.05) is 24.4 Å². The highest BCUT2D eigenvalue weighted by Crippen LogP contribution is 2.12. The molecule has 0 N–H and O–H groups in total. The first-order valence-corrected chi connectivity index (χ1v) is 4.94. The Labute approximate surface area is 87.2 Å². The molecule has 0 fully saturated rings. The summed E-state index contributed by atoms with van der Waals surface area (Å²) >= 11 is 0. The van der Waals surface area contributed by atoms with E-state index in [4.69, 9.17) is 0 Å². The van der Waals surface area contributed by atoms with Crippen LogP contribution in [0, 0.1) is 5.92 Å². The van der Waals surface area contributed by atoms with Crippen molar-refractivity contribution >= 4 is 12.4 Å². The Balaban J connectivity index is 3.99. The number of hydrogen-bond donors (Lipinski definition) is 0. The van der Waals surface area contributed by atoms with Crippen molar-refractivity contribution in [1.29, 1.82) is 0 Å². The van der Waals surface area contributed by atoms with E-state index in [1.165, 1.54) is 0 Å². The minimum atomic E-state index is 0.348. The zero-order valence-corrected chi connectivity index (χ0v) is 9.45. The minimum absolute atomic E-state index is 0.348. The van der Waals surface area contributed by atoms with Gasteiger partial charge in [-0.3, -0.25) is 9.98 Å². The number of rotatable bonds is 6. The van der Waals surface area contributed by atoms with Gasteiger partial charge in [-0.25, -0.2) is 0 Å². The van der Waals surface area contributed by atoms with Gasteiger partial charge >= 0.3 is 0 Å². The highest BCUT2D eigenvalue weighted by atomic mass is 14.7. The molecule has 0 rings (SSSR count). The molecule has 0 saturated carbocycles. The molecular formula is C12H20N2. The number of hydrogen-bond acceptors (Lipinski definition) is 2. The van der Waals surface area contributed by atoms with Crippen LogP contribution in [0.5, 0.6) is 0 Å². The van der Waals surface area contributed by atoms with Crippen molar-refractivity contribution in [2.24, 2.45) is 15.9 Å². The molecule has 14 heavy (non-hydrogen) atoms. The highest BCUT2D eigenvalue weighted by molar-refractivity contribution is 5.77. The molecule has 0 aliphatic carbocycles. The minimum Gasteiger partial charge on any atom is -0.298 e. The van der Waals surface area contributed by atoms with Crippen LogP contribution in [0.25, 0.3) is 0 Å². The third-order valence-corrected chi connectivity index (χ3v) is 1.79. The lowest BCUT2D eigenvalue weighted by atomic mass is 10.1. The average molecular weight is 192 g/mol. The average Bonchev–Trinajstić information content (AvgIpc) is 2.14. The van der Waals surface area contributed by atoms with E-state index in [2.05, 4.69) is 30.1 Å². The predicted octanol–water partition coefficient (Wildman–Crippen LogP) is 3.26. The second kappa shape index (κ2) is 7.25. The van der Waals surface area contributed by atoms with Crippen LogP contribution in [0.15, 0.2) is 34.4 Å². The van der Waals surface area contributed by atoms with Gasteiger partial charge in [-0.05, 0) is 32.1 Å². The lowest BCUT2D eigenvalue weighted by Crippen LogP contribution is -1.97. The molecular weight excluding hydrogens is 172 g/mol. The number of allylic oxidation sites excluding steroid dienone is 2. The van der Waals surface area contributed by atoms with Crippen LogP contribution in [-0.4, -0.2) is 19.0 Å². The molecule has 0 amide bonds. The molecule has 0 saturated heterocycles. The summed E-state index contributed by atoms with van der Waals surface area (Å²) in [6.07, 6.45) is 4.59. The summed E-state index contributed by atoms with van der Waals surface area (Å²) in [6.45, 7) is 14.5. The van der Waals surface area contributed by atoms with Gasteiger partial charge in [0.05, 0.1) is 0 Å². The summed E-state index contributed by atoms with van der Waals surface area (Å²) in [5, 5.41) is 0. The summed E-state index contributed by atoms with van der Waals surface area (Å²) in [5.41, 5.74) is 1.83. The van der Waals surface area contributed by atoms with E-state index in [9.17, 15) is 0 Å². The van der Waals surface area contributed by atoms with Crippen molar-refractivity contribution in [2.45, 2.75) is 27.2 Å². The predicted molar refractivity (Wildman–Crippen MR) is 65.3 cm³/mol. The molecule has 0 spiro atoms. The van der Waals surface area contributed by atoms with Gasteiger partial charge in [0.1, 0.15) is 0 Å². The van der Waals surface area contributed by atoms with Crippen molar-refractivity contribution in [3.63, 3.8) is 0 Å².